The van der Waals surface area contributed by atoms with Gasteiger partial charge in [0.25, 0.3) is 0 Å². The molecule has 1 aliphatic heterocycles. The molecule has 0 radical (unpaired) electrons. The minimum atomic E-state index is -0.115. The lowest BCUT2D eigenvalue weighted by atomic mass is 9.83. The third-order valence-corrected chi connectivity index (χ3v) is 3.63. The van der Waals surface area contributed by atoms with E-state index in [0.29, 0.717) is 11.8 Å². The maximum Gasteiger partial charge on any atom is 0.0333 e. The zero-order valence-corrected chi connectivity index (χ0v) is 10.5. The monoisotopic (exact) mass is 218 g/mol. The van der Waals surface area contributed by atoms with Crippen LogP contribution < -0.4 is 11.1 Å². The van der Waals surface area contributed by atoms with Crippen molar-refractivity contribution in [3.63, 3.8) is 0 Å². The third-order valence-electron chi connectivity index (χ3n) is 3.63. The second-order valence-electron chi connectivity index (χ2n) is 5.51. The Hall–Kier alpha value is -0.860. The van der Waals surface area contributed by atoms with E-state index in [2.05, 4.69) is 50.4 Å². The van der Waals surface area contributed by atoms with Crippen LogP contribution in [0.1, 0.15) is 43.7 Å². The predicted octanol–water partition coefficient (Wildman–Crippen LogP) is 2.21. The minimum absolute atomic E-state index is 0.115. The molecule has 2 rings (SSSR count). The number of benzene rings is 1. The van der Waals surface area contributed by atoms with E-state index in [4.69, 9.17) is 5.73 Å². The summed E-state index contributed by atoms with van der Waals surface area (Å²) < 4.78 is 0. The Morgan fingerprint density at radius 3 is 2.75 bits per heavy atom. The van der Waals surface area contributed by atoms with Crippen molar-refractivity contribution in [2.24, 2.45) is 5.73 Å². The van der Waals surface area contributed by atoms with Gasteiger partial charge < -0.3 is 11.1 Å². The molecule has 16 heavy (non-hydrogen) atoms. The molecule has 2 heteroatoms. The summed E-state index contributed by atoms with van der Waals surface area (Å²) in [5.74, 6) is 1.02. The number of hydrogen-bond donors (Lipinski definition) is 2. The summed E-state index contributed by atoms with van der Waals surface area (Å²) in [6.07, 6.45) is 0. The Balaban J connectivity index is 2.30. The molecule has 0 amide bonds. The van der Waals surface area contributed by atoms with Crippen LogP contribution in [-0.4, -0.2) is 18.6 Å². The third kappa shape index (κ3) is 2.13. The summed E-state index contributed by atoms with van der Waals surface area (Å²) in [5.41, 5.74) is 8.98. The number of hydrogen-bond acceptors (Lipinski definition) is 2. The molecule has 1 heterocycles. The predicted molar refractivity (Wildman–Crippen MR) is 68.7 cm³/mol. The smallest absolute Gasteiger partial charge is 0.0333 e. The first-order chi connectivity index (χ1) is 7.50. The van der Waals surface area contributed by atoms with Crippen molar-refractivity contribution >= 4 is 0 Å². The summed E-state index contributed by atoms with van der Waals surface area (Å²) in [4.78, 5) is 0. The quantitative estimate of drug-likeness (QED) is 0.798. The fourth-order valence-corrected chi connectivity index (χ4v) is 2.48. The first-order valence-electron chi connectivity index (χ1n) is 6.10. The fraction of sp³-hybridized carbons (Fsp3) is 0.571. The maximum absolute atomic E-state index is 6.32. The van der Waals surface area contributed by atoms with E-state index in [9.17, 15) is 0 Å². The lowest BCUT2D eigenvalue weighted by Crippen LogP contribution is -2.42. The van der Waals surface area contributed by atoms with Crippen LogP contribution in [0.4, 0.5) is 0 Å². The molecule has 1 saturated heterocycles. The van der Waals surface area contributed by atoms with Gasteiger partial charge in [-0.05, 0) is 24.0 Å². The lowest BCUT2D eigenvalue weighted by molar-refractivity contribution is 0.462. The first-order valence-corrected chi connectivity index (χ1v) is 6.10. The zero-order chi connectivity index (χ0) is 11.8. The largest absolute Gasteiger partial charge is 0.324 e. The van der Waals surface area contributed by atoms with Gasteiger partial charge in [-0.25, -0.2) is 0 Å². The topological polar surface area (TPSA) is 38.0 Å². The van der Waals surface area contributed by atoms with E-state index in [-0.39, 0.29) is 5.54 Å². The molecular formula is C14H22N2. The first kappa shape index (κ1) is 11.6. The molecule has 0 spiro atoms. The Kier molecular flexibility index (Phi) is 3.04. The highest BCUT2D eigenvalue weighted by molar-refractivity contribution is 5.32. The van der Waals surface area contributed by atoms with Crippen LogP contribution in [0.5, 0.6) is 0 Å². The van der Waals surface area contributed by atoms with Gasteiger partial charge in [0.2, 0.25) is 0 Å². The van der Waals surface area contributed by atoms with Crippen LogP contribution in [0.25, 0.3) is 0 Å². The fourth-order valence-electron chi connectivity index (χ4n) is 2.48. The molecule has 2 nitrogen and oxygen atoms in total. The van der Waals surface area contributed by atoms with Crippen LogP contribution in [0.15, 0.2) is 24.3 Å². The van der Waals surface area contributed by atoms with Crippen molar-refractivity contribution in [3.05, 3.63) is 35.4 Å². The van der Waals surface area contributed by atoms with Gasteiger partial charge in [0.15, 0.2) is 0 Å². The van der Waals surface area contributed by atoms with Crippen molar-refractivity contribution in [2.45, 2.75) is 38.1 Å². The molecule has 0 saturated carbocycles. The minimum Gasteiger partial charge on any atom is -0.324 e. The SMILES string of the molecule is CC(C)c1cccc(C2CNCC2(C)N)c1. The zero-order valence-electron chi connectivity index (χ0n) is 10.5. The van der Waals surface area contributed by atoms with Gasteiger partial charge in [0.1, 0.15) is 0 Å². The van der Waals surface area contributed by atoms with E-state index in [1.165, 1.54) is 11.1 Å². The number of rotatable bonds is 2. The van der Waals surface area contributed by atoms with Crippen LogP contribution >= 0.6 is 0 Å². The molecule has 1 fully saturated rings. The van der Waals surface area contributed by atoms with Crippen LogP contribution in [0.2, 0.25) is 0 Å². The molecule has 2 atom stereocenters. The van der Waals surface area contributed by atoms with Gasteiger partial charge in [0.05, 0.1) is 0 Å². The summed E-state index contributed by atoms with van der Waals surface area (Å²) in [6, 6.07) is 8.87. The average Bonchev–Trinajstić information content (AvgIpc) is 2.58. The van der Waals surface area contributed by atoms with Crippen molar-refractivity contribution in [1.82, 2.24) is 5.32 Å². The Morgan fingerprint density at radius 1 is 1.44 bits per heavy atom. The van der Waals surface area contributed by atoms with Crippen LogP contribution in [-0.2, 0) is 0 Å². The van der Waals surface area contributed by atoms with Crippen molar-refractivity contribution in [2.75, 3.05) is 13.1 Å². The molecule has 0 bridgehead atoms. The summed E-state index contributed by atoms with van der Waals surface area (Å²) in [6.45, 7) is 8.50. The maximum atomic E-state index is 6.32. The Labute approximate surface area is 98.2 Å². The molecule has 0 aliphatic carbocycles. The van der Waals surface area contributed by atoms with E-state index in [1.54, 1.807) is 0 Å². The number of nitrogens with two attached hydrogens (primary N) is 1. The van der Waals surface area contributed by atoms with Crippen LogP contribution in [0.3, 0.4) is 0 Å². The van der Waals surface area contributed by atoms with Crippen LogP contribution in [0, 0.1) is 0 Å². The van der Waals surface area contributed by atoms with E-state index in [0.717, 1.165) is 13.1 Å². The van der Waals surface area contributed by atoms with E-state index in [1.807, 2.05) is 0 Å². The molecule has 2 unspecified atom stereocenters. The molecule has 0 aromatic heterocycles. The van der Waals surface area contributed by atoms with Crippen molar-refractivity contribution in [1.29, 1.82) is 0 Å². The Bertz CT molecular complexity index is 369. The molecule has 1 aliphatic rings. The van der Waals surface area contributed by atoms with Gasteiger partial charge >= 0.3 is 0 Å². The summed E-state index contributed by atoms with van der Waals surface area (Å²) >= 11 is 0. The van der Waals surface area contributed by atoms with Gasteiger partial charge in [-0.15, -0.1) is 0 Å². The number of nitrogens with one attached hydrogen (secondary N) is 1. The highest BCUT2D eigenvalue weighted by Crippen LogP contribution is 2.31. The van der Waals surface area contributed by atoms with E-state index >= 15 is 0 Å². The van der Waals surface area contributed by atoms with Gasteiger partial charge in [-0.3, -0.25) is 0 Å². The second kappa shape index (κ2) is 4.19. The van der Waals surface area contributed by atoms with E-state index < -0.39 is 0 Å². The Morgan fingerprint density at radius 2 is 2.19 bits per heavy atom. The lowest BCUT2D eigenvalue weighted by Gasteiger charge is -2.26. The molecule has 88 valence electrons. The van der Waals surface area contributed by atoms with Crippen molar-refractivity contribution < 1.29 is 0 Å². The van der Waals surface area contributed by atoms with Gasteiger partial charge in [0, 0.05) is 24.5 Å². The van der Waals surface area contributed by atoms with Gasteiger partial charge in [-0.1, -0.05) is 38.1 Å². The highest BCUT2D eigenvalue weighted by Gasteiger charge is 2.36. The highest BCUT2D eigenvalue weighted by atomic mass is 15.0. The second-order valence-corrected chi connectivity index (χ2v) is 5.51. The summed E-state index contributed by atoms with van der Waals surface area (Å²) in [7, 11) is 0. The normalized spacial score (nSPS) is 29.9. The molecule has 3 N–H and O–H groups in total. The van der Waals surface area contributed by atoms with Crippen molar-refractivity contribution in [3.8, 4) is 0 Å². The average molecular weight is 218 g/mol. The molecular weight excluding hydrogens is 196 g/mol. The molecule has 1 aromatic carbocycles. The standard InChI is InChI=1S/C14H22N2/c1-10(2)11-5-4-6-12(7-11)13-8-16-9-14(13,3)15/h4-7,10,13,16H,8-9,15H2,1-3H3. The van der Waals surface area contributed by atoms with Gasteiger partial charge in [-0.2, -0.15) is 0 Å². The summed E-state index contributed by atoms with van der Waals surface area (Å²) in [5, 5.41) is 3.38. The molecule has 1 aromatic rings.